The van der Waals surface area contributed by atoms with Gasteiger partial charge < -0.3 is 25.0 Å². The van der Waals surface area contributed by atoms with Gasteiger partial charge in [0.25, 0.3) is 0 Å². The molecule has 1 aromatic rings. The van der Waals surface area contributed by atoms with Gasteiger partial charge in [-0.1, -0.05) is 6.92 Å². The van der Waals surface area contributed by atoms with E-state index in [9.17, 15) is 14.7 Å². The van der Waals surface area contributed by atoms with Gasteiger partial charge in [0, 0.05) is 42.7 Å². The zero-order valence-corrected chi connectivity index (χ0v) is 19.5. The first-order valence-corrected chi connectivity index (χ1v) is 12.0. The van der Waals surface area contributed by atoms with Crippen molar-refractivity contribution in [3.8, 4) is 5.75 Å². The smallest absolute Gasteiger partial charge is 0.227 e. The number of amides is 2. The molecular weight excluding hydrogens is 406 g/mol. The van der Waals surface area contributed by atoms with Crippen molar-refractivity contribution in [3.63, 3.8) is 0 Å². The maximum absolute atomic E-state index is 13.2. The van der Waals surface area contributed by atoms with Gasteiger partial charge in [-0.2, -0.15) is 0 Å². The molecule has 0 saturated heterocycles. The van der Waals surface area contributed by atoms with Gasteiger partial charge in [0.15, 0.2) is 0 Å². The third kappa shape index (κ3) is 5.81. The summed E-state index contributed by atoms with van der Waals surface area (Å²) in [6.45, 7) is 6.33. The third-order valence-electron chi connectivity index (χ3n) is 6.89. The first-order chi connectivity index (χ1) is 15.3. The van der Waals surface area contributed by atoms with Crippen LogP contribution in [0.1, 0.15) is 45.1 Å². The van der Waals surface area contributed by atoms with Crippen molar-refractivity contribution >= 4 is 17.5 Å². The summed E-state index contributed by atoms with van der Waals surface area (Å²) in [5.41, 5.74) is 1.48. The topological polar surface area (TPSA) is 82.1 Å². The summed E-state index contributed by atoms with van der Waals surface area (Å²) in [5.74, 6) is 1.74. The van der Waals surface area contributed by atoms with Crippen LogP contribution in [0.4, 0.5) is 5.69 Å². The number of likely N-dealkylation sites (N-methyl/N-ethyl adjacent to an activating group) is 1. The summed E-state index contributed by atoms with van der Waals surface area (Å²) in [7, 11) is 2.14. The summed E-state index contributed by atoms with van der Waals surface area (Å²) >= 11 is 0. The number of benzene rings is 1. The number of aliphatic hydroxyl groups is 1. The monoisotopic (exact) mass is 443 g/mol. The van der Waals surface area contributed by atoms with E-state index in [0.717, 1.165) is 37.4 Å². The highest BCUT2D eigenvalue weighted by molar-refractivity contribution is 5.94. The van der Waals surface area contributed by atoms with Gasteiger partial charge in [0.1, 0.15) is 11.9 Å². The summed E-state index contributed by atoms with van der Waals surface area (Å²) in [6, 6.07) is 5.37. The lowest BCUT2D eigenvalue weighted by Gasteiger charge is -2.34. The molecule has 2 aliphatic carbocycles. The summed E-state index contributed by atoms with van der Waals surface area (Å²) in [6.07, 6.45) is 4.61. The average molecular weight is 444 g/mol. The molecule has 3 atom stereocenters. The number of nitrogens with zero attached hydrogens (tertiary/aromatic N) is 2. The minimum absolute atomic E-state index is 0.0269. The zero-order chi connectivity index (χ0) is 22.8. The summed E-state index contributed by atoms with van der Waals surface area (Å²) in [5, 5.41) is 12.7. The highest BCUT2D eigenvalue weighted by atomic mass is 16.5. The second-order valence-electron chi connectivity index (χ2n) is 10.1. The molecule has 1 aliphatic heterocycles. The first-order valence-electron chi connectivity index (χ1n) is 12.0. The van der Waals surface area contributed by atoms with Gasteiger partial charge in [0.05, 0.1) is 19.1 Å². The maximum Gasteiger partial charge on any atom is 0.227 e. The van der Waals surface area contributed by atoms with E-state index in [-0.39, 0.29) is 48.8 Å². The van der Waals surface area contributed by atoms with E-state index in [2.05, 4.69) is 24.2 Å². The number of fused-ring (bicyclic) bond motifs is 1. The number of anilines is 1. The predicted octanol–water partition coefficient (Wildman–Crippen LogP) is 2.53. The fraction of sp³-hybridized carbons (Fsp3) is 0.680. The Morgan fingerprint density at radius 2 is 2.03 bits per heavy atom. The van der Waals surface area contributed by atoms with Crippen molar-refractivity contribution in [1.29, 1.82) is 0 Å². The Morgan fingerprint density at radius 3 is 2.69 bits per heavy atom. The Hall–Kier alpha value is -2.12. The fourth-order valence-corrected chi connectivity index (χ4v) is 4.44. The molecule has 4 rings (SSSR count). The zero-order valence-electron chi connectivity index (χ0n) is 19.5. The van der Waals surface area contributed by atoms with E-state index in [1.54, 1.807) is 4.90 Å². The molecule has 7 nitrogen and oxygen atoms in total. The molecule has 0 spiro atoms. The van der Waals surface area contributed by atoms with E-state index < -0.39 is 0 Å². The minimum Gasteiger partial charge on any atom is -0.488 e. The molecule has 2 N–H and O–H groups in total. The normalized spacial score (nSPS) is 24.8. The van der Waals surface area contributed by atoms with E-state index in [4.69, 9.17) is 4.74 Å². The first kappa shape index (κ1) is 23.1. The van der Waals surface area contributed by atoms with Crippen LogP contribution in [0.2, 0.25) is 0 Å². The van der Waals surface area contributed by atoms with Gasteiger partial charge >= 0.3 is 0 Å². The van der Waals surface area contributed by atoms with Crippen LogP contribution in [0.5, 0.6) is 5.75 Å². The number of ether oxygens (including phenoxy) is 1. The highest BCUT2D eigenvalue weighted by Gasteiger charge is 2.33. The molecule has 32 heavy (non-hydrogen) atoms. The molecule has 0 aromatic heterocycles. The number of carbonyl (C=O) groups is 2. The van der Waals surface area contributed by atoms with Crippen LogP contribution in [0.25, 0.3) is 0 Å². The van der Waals surface area contributed by atoms with Gasteiger partial charge in [-0.3, -0.25) is 9.59 Å². The lowest BCUT2D eigenvalue weighted by molar-refractivity contribution is -0.134. The second-order valence-corrected chi connectivity index (χ2v) is 10.1. The SMILES string of the molecule is C[C@@H]1CN([C@H](C)CO)C(=O)Cc2cc(NC(=O)C3CC3)ccc2O[C@H]1CN(C)CC1CC1. The van der Waals surface area contributed by atoms with Gasteiger partial charge in [-0.25, -0.2) is 0 Å². The number of rotatable bonds is 8. The van der Waals surface area contributed by atoms with Crippen molar-refractivity contribution in [1.82, 2.24) is 9.80 Å². The van der Waals surface area contributed by atoms with Crippen LogP contribution in [0, 0.1) is 17.8 Å². The molecule has 1 heterocycles. The van der Waals surface area contributed by atoms with Gasteiger partial charge in [-0.05, 0) is 63.8 Å². The second kappa shape index (κ2) is 9.79. The molecule has 1 aromatic carbocycles. The lowest BCUT2D eigenvalue weighted by atomic mass is 10.0. The molecule has 7 heteroatoms. The number of carbonyl (C=O) groups excluding carboxylic acids is 2. The average Bonchev–Trinajstić information content (AvgIpc) is 3.66. The Bertz CT molecular complexity index is 836. The maximum atomic E-state index is 13.2. The summed E-state index contributed by atoms with van der Waals surface area (Å²) in [4.78, 5) is 29.6. The number of hydrogen-bond donors (Lipinski definition) is 2. The van der Waals surface area contributed by atoms with Crippen molar-refractivity contribution in [2.24, 2.45) is 17.8 Å². The van der Waals surface area contributed by atoms with E-state index in [0.29, 0.717) is 18.0 Å². The van der Waals surface area contributed by atoms with Crippen molar-refractivity contribution in [3.05, 3.63) is 23.8 Å². The van der Waals surface area contributed by atoms with Crippen molar-refractivity contribution < 1.29 is 19.4 Å². The van der Waals surface area contributed by atoms with Crippen LogP contribution < -0.4 is 10.1 Å². The van der Waals surface area contributed by atoms with Gasteiger partial charge in [-0.15, -0.1) is 0 Å². The summed E-state index contributed by atoms with van der Waals surface area (Å²) < 4.78 is 6.54. The molecule has 3 aliphatic rings. The lowest BCUT2D eigenvalue weighted by Crippen LogP contribution is -2.47. The Kier molecular flexibility index (Phi) is 7.05. The molecule has 0 radical (unpaired) electrons. The highest BCUT2D eigenvalue weighted by Crippen LogP contribution is 2.33. The number of hydrogen-bond acceptors (Lipinski definition) is 5. The Morgan fingerprint density at radius 1 is 1.28 bits per heavy atom. The molecule has 0 bridgehead atoms. The number of nitrogens with one attached hydrogen (secondary N) is 1. The van der Waals surface area contributed by atoms with Crippen LogP contribution in [-0.4, -0.2) is 72.2 Å². The van der Waals surface area contributed by atoms with Crippen LogP contribution in [-0.2, 0) is 16.0 Å². The Balaban J connectivity index is 1.59. The molecule has 0 unspecified atom stereocenters. The van der Waals surface area contributed by atoms with Crippen LogP contribution in [0.3, 0.4) is 0 Å². The van der Waals surface area contributed by atoms with Gasteiger partial charge in [0.2, 0.25) is 11.8 Å². The third-order valence-corrected chi connectivity index (χ3v) is 6.89. The fourth-order valence-electron chi connectivity index (χ4n) is 4.44. The molecule has 2 fully saturated rings. The van der Waals surface area contributed by atoms with E-state index >= 15 is 0 Å². The molecular formula is C25H37N3O4. The van der Waals surface area contributed by atoms with E-state index in [1.807, 2.05) is 25.1 Å². The van der Waals surface area contributed by atoms with Crippen molar-refractivity contribution in [2.75, 3.05) is 38.6 Å². The minimum atomic E-state index is -0.255. The Labute approximate surface area is 191 Å². The molecule has 2 amide bonds. The number of aliphatic hydroxyl groups excluding tert-OH is 1. The quantitative estimate of drug-likeness (QED) is 0.645. The van der Waals surface area contributed by atoms with Crippen molar-refractivity contribution in [2.45, 2.75) is 58.1 Å². The van der Waals surface area contributed by atoms with Crippen LogP contribution >= 0.6 is 0 Å². The largest absolute Gasteiger partial charge is 0.488 e. The molecule has 176 valence electrons. The standard InChI is InChI=1S/C25H37N3O4/c1-16-12-28(17(2)15-29)24(30)11-20-10-21(26-25(31)19-6-7-19)8-9-22(20)32-23(16)14-27(3)13-18-4-5-18/h8-10,16-19,23,29H,4-7,11-15H2,1-3H3,(H,26,31)/t16-,17-,23+/m1/s1. The van der Waals surface area contributed by atoms with E-state index in [1.165, 1.54) is 12.8 Å². The molecule has 2 saturated carbocycles. The predicted molar refractivity (Wildman–Crippen MR) is 124 cm³/mol. The van der Waals surface area contributed by atoms with Crippen LogP contribution in [0.15, 0.2) is 18.2 Å².